The summed E-state index contributed by atoms with van der Waals surface area (Å²) in [6, 6.07) is 24.0. The van der Waals surface area contributed by atoms with Crippen LogP contribution in [0.25, 0.3) is 10.9 Å². The molecule has 1 aromatic heterocycles. The third-order valence-corrected chi connectivity index (χ3v) is 4.34. The van der Waals surface area contributed by atoms with Gasteiger partial charge in [-0.2, -0.15) is 4.98 Å². The molecule has 0 amide bonds. The number of aromatic nitrogens is 2. The van der Waals surface area contributed by atoms with E-state index in [1.807, 2.05) is 67.6 Å². The Morgan fingerprint density at radius 2 is 1.46 bits per heavy atom. The first-order valence-corrected chi connectivity index (χ1v) is 9.31. The van der Waals surface area contributed by atoms with Gasteiger partial charge in [-0.1, -0.05) is 29.8 Å². The van der Waals surface area contributed by atoms with E-state index in [0.717, 1.165) is 33.8 Å². The Morgan fingerprint density at radius 1 is 0.786 bits per heavy atom. The first kappa shape index (κ1) is 17.8. The van der Waals surface area contributed by atoms with Gasteiger partial charge in [0.2, 0.25) is 5.95 Å². The zero-order chi connectivity index (χ0) is 19.3. The minimum atomic E-state index is 0.539. The summed E-state index contributed by atoms with van der Waals surface area (Å²) in [6.07, 6.45) is 0. The quantitative estimate of drug-likeness (QED) is 0.447. The lowest BCUT2D eigenvalue weighted by atomic mass is 10.2. The van der Waals surface area contributed by atoms with Gasteiger partial charge < -0.3 is 15.4 Å². The van der Waals surface area contributed by atoms with Crippen LogP contribution in [0.15, 0.2) is 72.8 Å². The third-order valence-electron chi connectivity index (χ3n) is 4.34. The maximum Gasteiger partial charge on any atom is 0.229 e. The van der Waals surface area contributed by atoms with Gasteiger partial charge in [-0.15, -0.1) is 0 Å². The SMILES string of the molecule is CCOc1ccc(Nc2nc(Nc3ccc(C)cc3)c3ccccc3n2)cc1. The molecule has 0 atom stereocenters. The fraction of sp³-hybridized carbons (Fsp3) is 0.130. The van der Waals surface area contributed by atoms with Crippen LogP contribution in [0.1, 0.15) is 12.5 Å². The Hall–Kier alpha value is -3.60. The van der Waals surface area contributed by atoms with Crippen LogP contribution in [-0.4, -0.2) is 16.6 Å². The Labute approximate surface area is 164 Å². The summed E-state index contributed by atoms with van der Waals surface area (Å²) < 4.78 is 5.49. The number of nitrogens with one attached hydrogen (secondary N) is 2. The Kier molecular flexibility index (Phi) is 5.06. The molecule has 0 bridgehead atoms. The second-order valence-corrected chi connectivity index (χ2v) is 6.49. The zero-order valence-corrected chi connectivity index (χ0v) is 15.9. The van der Waals surface area contributed by atoms with Gasteiger partial charge in [0.1, 0.15) is 11.6 Å². The number of nitrogens with zero attached hydrogens (tertiary/aromatic N) is 2. The smallest absolute Gasteiger partial charge is 0.229 e. The molecule has 140 valence electrons. The molecule has 5 nitrogen and oxygen atoms in total. The van der Waals surface area contributed by atoms with Gasteiger partial charge >= 0.3 is 0 Å². The van der Waals surface area contributed by atoms with E-state index in [-0.39, 0.29) is 0 Å². The lowest BCUT2D eigenvalue weighted by Crippen LogP contribution is -2.02. The van der Waals surface area contributed by atoms with Crippen LogP contribution in [0.5, 0.6) is 5.75 Å². The number of hydrogen-bond acceptors (Lipinski definition) is 5. The molecule has 0 aliphatic heterocycles. The molecule has 3 aromatic carbocycles. The van der Waals surface area contributed by atoms with Crippen molar-refractivity contribution in [3.05, 3.63) is 78.4 Å². The van der Waals surface area contributed by atoms with E-state index in [9.17, 15) is 0 Å². The highest BCUT2D eigenvalue weighted by atomic mass is 16.5. The largest absolute Gasteiger partial charge is 0.494 e. The molecule has 0 unspecified atom stereocenters. The van der Waals surface area contributed by atoms with Crippen LogP contribution in [0, 0.1) is 6.92 Å². The molecule has 4 aromatic rings. The summed E-state index contributed by atoms with van der Waals surface area (Å²) in [5.41, 5.74) is 3.98. The normalized spacial score (nSPS) is 10.6. The lowest BCUT2D eigenvalue weighted by Gasteiger charge is -2.12. The van der Waals surface area contributed by atoms with Gasteiger partial charge in [-0.3, -0.25) is 0 Å². The van der Waals surface area contributed by atoms with Gasteiger partial charge in [0.05, 0.1) is 12.1 Å². The average Bonchev–Trinajstić information content (AvgIpc) is 2.71. The fourth-order valence-electron chi connectivity index (χ4n) is 2.93. The van der Waals surface area contributed by atoms with E-state index in [4.69, 9.17) is 9.72 Å². The third kappa shape index (κ3) is 4.04. The molecule has 0 aliphatic carbocycles. The second kappa shape index (κ2) is 7.96. The van der Waals surface area contributed by atoms with E-state index >= 15 is 0 Å². The van der Waals surface area contributed by atoms with Crippen molar-refractivity contribution in [1.29, 1.82) is 0 Å². The predicted octanol–water partition coefficient (Wildman–Crippen LogP) is 5.82. The van der Waals surface area contributed by atoms with Crippen molar-refractivity contribution in [2.24, 2.45) is 0 Å². The molecule has 5 heteroatoms. The number of ether oxygens (including phenoxy) is 1. The molecule has 28 heavy (non-hydrogen) atoms. The molecular weight excluding hydrogens is 348 g/mol. The highest BCUT2D eigenvalue weighted by molar-refractivity contribution is 5.92. The number of para-hydroxylation sites is 1. The van der Waals surface area contributed by atoms with Gasteiger partial charge in [-0.05, 0) is 62.4 Å². The van der Waals surface area contributed by atoms with E-state index in [2.05, 4.69) is 34.7 Å². The van der Waals surface area contributed by atoms with Crippen LogP contribution in [-0.2, 0) is 0 Å². The van der Waals surface area contributed by atoms with Crippen LogP contribution in [0.2, 0.25) is 0 Å². The van der Waals surface area contributed by atoms with Crippen LogP contribution < -0.4 is 15.4 Å². The summed E-state index contributed by atoms with van der Waals surface area (Å²) in [5.74, 6) is 2.15. The van der Waals surface area contributed by atoms with Gasteiger partial charge in [0.25, 0.3) is 0 Å². The van der Waals surface area contributed by atoms with Crippen molar-refractivity contribution in [3.63, 3.8) is 0 Å². The summed E-state index contributed by atoms with van der Waals surface area (Å²) in [5, 5.41) is 7.67. The minimum Gasteiger partial charge on any atom is -0.494 e. The fourth-order valence-corrected chi connectivity index (χ4v) is 2.93. The molecule has 1 heterocycles. The molecule has 0 aliphatic rings. The topological polar surface area (TPSA) is 59.1 Å². The van der Waals surface area contributed by atoms with Gasteiger partial charge in [0, 0.05) is 16.8 Å². The summed E-state index contributed by atoms with van der Waals surface area (Å²) in [6.45, 7) is 4.69. The van der Waals surface area contributed by atoms with Crippen LogP contribution in [0.3, 0.4) is 0 Å². The summed E-state index contributed by atoms with van der Waals surface area (Å²) >= 11 is 0. The summed E-state index contributed by atoms with van der Waals surface area (Å²) in [7, 11) is 0. The molecule has 0 radical (unpaired) electrons. The van der Waals surface area contributed by atoms with Crippen LogP contribution >= 0.6 is 0 Å². The number of aryl methyl sites for hydroxylation is 1. The van der Waals surface area contributed by atoms with E-state index in [0.29, 0.717) is 12.6 Å². The monoisotopic (exact) mass is 370 g/mol. The van der Waals surface area contributed by atoms with E-state index in [1.54, 1.807) is 0 Å². The Balaban J connectivity index is 1.66. The highest BCUT2D eigenvalue weighted by Gasteiger charge is 2.08. The molecule has 0 fully saturated rings. The minimum absolute atomic E-state index is 0.539. The first-order chi connectivity index (χ1) is 13.7. The Morgan fingerprint density at radius 3 is 2.21 bits per heavy atom. The Bertz CT molecular complexity index is 1080. The highest BCUT2D eigenvalue weighted by Crippen LogP contribution is 2.27. The van der Waals surface area contributed by atoms with Gasteiger partial charge in [-0.25, -0.2) is 4.98 Å². The molecular formula is C23H22N4O. The maximum absolute atomic E-state index is 5.49. The average molecular weight is 370 g/mol. The van der Waals surface area contributed by atoms with E-state index in [1.165, 1.54) is 5.56 Å². The molecule has 2 N–H and O–H groups in total. The van der Waals surface area contributed by atoms with Crippen LogP contribution in [0.4, 0.5) is 23.1 Å². The predicted molar refractivity (Wildman–Crippen MR) is 115 cm³/mol. The number of benzene rings is 3. The van der Waals surface area contributed by atoms with Crippen molar-refractivity contribution in [1.82, 2.24) is 9.97 Å². The number of fused-ring (bicyclic) bond motifs is 1. The zero-order valence-electron chi connectivity index (χ0n) is 15.9. The molecule has 4 rings (SSSR count). The molecule has 0 saturated carbocycles. The van der Waals surface area contributed by atoms with Crippen molar-refractivity contribution in [2.75, 3.05) is 17.2 Å². The molecule has 0 spiro atoms. The lowest BCUT2D eigenvalue weighted by molar-refractivity contribution is 0.340. The van der Waals surface area contributed by atoms with Crippen molar-refractivity contribution in [3.8, 4) is 5.75 Å². The number of hydrogen-bond donors (Lipinski definition) is 2. The second-order valence-electron chi connectivity index (χ2n) is 6.49. The first-order valence-electron chi connectivity index (χ1n) is 9.31. The standard InChI is InChI=1S/C23H22N4O/c1-3-28-19-14-12-18(13-15-19)25-23-26-21-7-5-4-6-20(21)22(27-23)24-17-10-8-16(2)9-11-17/h4-15H,3H2,1-2H3,(H2,24,25,26,27). The van der Waals surface area contributed by atoms with Crippen molar-refractivity contribution in [2.45, 2.75) is 13.8 Å². The maximum atomic E-state index is 5.49. The molecule has 0 saturated heterocycles. The number of rotatable bonds is 6. The van der Waals surface area contributed by atoms with Crippen molar-refractivity contribution < 1.29 is 4.74 Å². The van der Waals surface area contributed by atoms with Gasteiger partial charge in [0.15, 0.2) is 0 Å². The van der Waals surface area contributed by atoms with E-state index < -0.39 is 0 Å². The summed E-state index contributed by atoms with van der Waals surface area (Å²) in [4.78, 5) is 9.36. The number of anilines is 4. The van der Waals surface area contributed by atoms with Crippen molar-refractivity contribution >= 4 is 34.0 Å².